The summed E-state index contributed by atoms with van der Waals surface area (Å²) in [6.07, 6.45) is 6.64. The number of piperazine rings is 1. The van der Waals surface area contributed by atoms with Crippen LogP contribution in [0.3, 0.4) is 0 Å². The Bertz CT molecular complexity index is 2310. The predicted octanol–water partition coefficient (Wildman–Crippen LogP) is 6.05. The first kappa shape index (κ1) is 39.6. The van der Waals surface area contributed by atoms with Gasteiger partial charge in [-0.25, -0.2) is 15.0 Å². The largest absolute Gasteiger partial charge is 0.374 e. The van der Waals surface area contributed by atoms with Gasteiger partial charge in [0, 0.05) is 61.4 Å². The fourth-order valence-electron chi connectivity index (χ4n) is 8.03. The third kappa shape index (κ3) is 9.09. The predicted molar refractivity (Wildman–Crippen MR) is 224 cm³/mol. The lowest BCUT2D eigenvalue weighted by molar-refractivity contribution is -0.133. The minimum atomic E-state index is -0.414. The van der Waals surface area contributed by atoms with Crippen molar-refractivity contribution in [3.63, 3.8) is 0 Å². The van der Waals surface area contributed by atoms with Crippen LogP contribution < -0.4 is 26.2 Å². The molecule has 3 aliphatic rings. The van der Waals surface area contributed by atoms with E-state index in [1.54, 1.807) is 0 Å². The summed E-state index contributed by atoms with van der Waals surface area (Å²) in [6.45, 7) is 13.8. The zero-order chi connectivity index (χ0) is 41.3. The highest BCUT2D eigenvalue weighted by molar-refractivity contribution is 6.01. The molecule has 0 spiro atoms. The van der Waals surface area contributed by atoms with Crippen molar-refractivity contribution < 1.29 is 18.9 Å². The second-order valence-corrected chi connectivity index (χ2v) is 16.9. The molecule has 15 heteroatoms. The van der Waals surface area contributed by atoms with Crippen LogP contribution in [0.1, 0.15) is 98.5 Å². The number of nitrogens with one attached hydrogen (secondary N) is 4. The number of hydrogen-bond donors (Lipinski definition) is 4. The molecule has 2 saturated heterocycles. The molecule has 8 rings (SSSR count). The van der Waals surface area contributed by atoms with E-state index in [2.05, 4.69) is 75.4 Å². The molecule has 3 amide bonds. The van der Waals surface area contributed by atoms with Crippen molar-refractivity contribution in [2.75, 3.05) is 41.7 Å². The van der Waals surface area contributed by atoms with Crippen LogP contribution in [-0.4, -0.2) is 86.0 Å². The second-order valence-electron chi connectivity index (χ2n) is 16.9. The molecule has 1 saturated carbocycles. The van der Waals surface area contributed by atoms with Gasteiger partial charge in [0.15, 0.2) is 5.82 Å². The van der Waals surface area contributed by atoms with E-state index < -0.39 is 5.91 Å². The normalized spacial score (nSPS) is 20.4. The Hall–Kier alpha value is -6.22. The number of carbonyl (C=O) groups is 3. The van der Waals surface area contributed by atoms with E-state index in [0.29, 0.717) is 42.3 Å². The van der Waals surface area contributed by atoms with Crippen LogP contribution in [0.15, 0.2) is 77.7 Å². The van der Waals surface area contributed by atoms with Gasteiger partial charge in [0.1, 0.15) is 24.0 Å². The number of amides is 3. The Morgan fingerprint density at radius 1 is 0.932 bits per heavy atom. The molecule has 306 valence electrons. The summed E-state index contributed by atoms with van der Waals surface area (Å²) < 4.78 is 5.22. The summed E-state index contributed by atoms with van der Waals surface area (Å²) >= 11 is 0. The molecule has 2 aromatic carbocycles. The van der Waals surface area contributed by atoms with E-state index in [-0.39, 0.29) is 35.2 Å². The third-order valence-electron chi connectivity index (χ3n) is 11.6. The minimum absolute atomic E-state index is 0.0520. The number of carbonyl (C=O) groups excluding carboxylic acids is 3. The highest BCUT2D eigenvalue weighted by atomic mass is 16.5. The standard InChI is InChI=1S/C44H51N11O4/c1-26-20-29(8-12-34(26)27(2)48-41(58)42-52-43(53-59-42)44(3,4)5)36-23-38(47-25-46-36)50-37-14-11-32(24-45-37)54-16-18-55(19-17-54)33-21-30(22-33)28-6-9-31(10-7-28)49-35-13-15-39(56)51-40(35)57/h6-12,14,20,23-25,27,30,33,35,49H,13,15-19,21-22H2,1-5H3,(H,48,58)(H,51,56,57)(H,45,46,47,50)/t27-,30-,33+,35-/m1/s1. The van der Waals surface area contributed by atoms with Gasteiger partial charge in [-0.15, -0.1) is 0 Å². The van der Waals surface area contributed by atoms with Crippen LogP contribution in [0, 0.1) is 6.92 Å². The van der Waals surface area contributed by atoms with Crippen LogP contribution >= 0.6 is 0 Å². The van der Waals surface area contributed by atoms with E-state index in [9.17, 15) is 14.4 Å². The van der Waals surface area contributed by atoms with Crippen LogP contribution in [0.25, 0.3) is 11.3 Å². The first-order valence-electron chi connectivity index (χ1n) is 20.4. The van der Waals surface area contributed by atoms with Crippen molar-refractivity contribution >= 4 is 40.7 Å². The topological polar surface area (TPSA) is 183 Å². The van der Waals surface area contributed by atoms with Crippen molar-refractivity contribution in [2.24, 2.45) is 0 Å². The van der Waals surface area contributed by atoms with Gasteiger partial charge >= 0.3 is 11.8 Å². The molecule has 15 nitrogen and oxygen atoms in total. The number of imide groups is 1. The molecule has 2 atom stereocenters. The first-order valence-corrected chi connectivity index (χ1v) is 20.4. The van der Waals surface area contributed by atoms with Gasteiger partial charge < -0.3 is 25.4 Å². The second kappa shape index (κ2) is 16.6. The molecule has 0 bridgehead atoms. The van der Waals surface area contributed by atoms with Gasteiger partial charge in [0.05, 0.1) is 23.6 Å². The molecule has 0 radical (unpaired) electrons. The van der Waals surface area contributed by atoms with Crippen molar-refractivity contribution in [1.29, 1.82) is 0 Å². The van der Waals surface area contributed by atoms with E-state index >= 15 is 0 Å². The van der Waals surface area contributed by atoms with E-state index in [1.807, 2.05) is 77.2 Å². The smallest absolute Gasteiger partial charge is 0.315 e. The van der Waals surface area contributed by atoms with Gasteiger partial charge in [-0.3, -0.25) is 24.6 Å². The highest BCUT2D eigenvalue weighted by Gasteiger charge is 2.36. The Morgan fingerprint density at radius 3 is 2.39 bits per heavy atom. The Kier molecular flexibility index (Phi) is 11.1. The van der Waals surface area contributed by atoms with Gasteiger partial charge in [-0.2, -0.15) is 4.98 Å². The number of aryl methyl sites for hydroxylation is 1. The van der Waals surface area contributed by atoms with E-state index in [0.717, 1.165) is 72.8 Å². The molecule has 3 aromatic heterocycles. The number of piperidine rings is 1. The molecule has 1 aliphatic carbocycles. The number of anilines is 4. The number of benzene rings is 2. The Labute approximate surface area is 343 Å². The van der Waals surface area contributed by atoms with E-state index in [4.69, 9.17) is 9.51 Å². The fourth-order valence-corrected chi connectivity index (χ4v) is 8.03. The van der Waals surface area contributed by atoms with Crippen molar-refractivity contribution in [3.8, 4) is 11.3 Å². The summed E-state index contributed by atoms with van der Waals surface area (Å²) in [6, 6.07) is 20.4. The molecule has 4 N–H and O–H groups in total. The summed E-state index contributed by atoms with van der Waals surface area (Å²) in [5.74, 6) is 1.44. The van der Waals surface area contributed by atoms with Crippen LogP contribution in [-0.2, 0) is 15.0 Å². The maximum absolute atomic E-state index is 12.8. The van der Waals surface area contributed by atoms with Crippen molar-refractivity contribution in [3.05, 3.63) is 102 Å². The van der Waals surface area contributed by atoms with Crippen LogP contribution in [0.2, 0.25) is 0 Å². The lowest BCUT2D eigenvalue weighted by Gasteiger charge is -2.47. The van der Waals surface area contributed by atoms with Gasteiger partial charge in [-0.1, -0.05) is 50.2 Å². The number of hydrogen-bond acceptors (Lipinski definition) is 13. The SMILES string of the molecule is Cc1cc(-c2cc(Nc3ccc(N4CCN([C@H]5C[C@@H](c6ccc(N[C@@H]7CCC(=O)NC7=O)cc6)C5)CC4)cn3)ncn2)ccc1[C@@H](C)NC(=O)c1nc(C(C)(C)C)no1. The highest BCUT2D eigenvalue weighted by Crippen LogP contribution is 2.40. The minimum Gasteiger partial charge on any atom is -0.374 e. The Balaban J connectivity index is 0.795. The molecule has 2 aliphatic heterocycles. The summed E-state index contributed by atoms with van der Waals surface area (Å²) in [7, 11) is 0. The Morgan fingerprint density at radius 2 is 1.71 bits per heavy atom. The third-order valence-corrected chi connectivity index (χ3v) is 11.6. The molecular weight excluding hydrogens is 747 g/mol. The zero-order valence-corrected chi connectivity index (χ0v) is 34.2. The van der Waals surface area contributed by atoms with Crippen molar-refractivity contribution in [2.45, 2.75) is 89.8 Å². The maximum atomic E-state index is 12.8. The number of aromatic nitrogens is 5. The van der Waals surface area contributed by atoms with Gasteiger partial charge in [-0.05, 0) is 86.1 Å². The van der Waals surface area contributed by atoms with Crippen LogP contribution in [0.5, 0.6) is 0 Å². The molecule has 0 unspecified atom stereocenters. The summed E-state index contributed by atoms with van der Waals surface area (Å²) in [5, 5.41) is 15.9. The summed E-state index contributed by atoms with van der Waals surface area (Å²) in [5.41, 5.74) is 6.68. The lowest BCUT2D eigenvalue weighted by atomic mass is 9.75. The lowest BCUT2D eigenvalue weighted by Crippen LogP contribution is -2.53. The molecule has 59 heavy (non-hydrogen) atoms. The molecular formula is C44H51N11O4. The number of pyridine rings is 1. The van der Waals surface area contributed by atoms with Crippen molar-refractivity contribution in [1.82, 2.24) is 40.6 Å². The van der Waals surface area contributed by atoms with Gasteiger partial charge in [0.25, 0.3) is 0 Å². The maximum Gasteiger partial charge on any atom is 0.315 e. The number of rotatable bonds is 11. The first-order chi connectivity index (χ1) is 28.4. The monoisotopic (exact) mass is 797 g/mol. The average molecular weight is 798 g/mol. The molecule has 3 fully saturated rings. The molecule has 5 heterocycles. The number of nitrogens with zero attached hydrogens (tertiary/aromatic N) is 7. The summed E-state index contributed by atoms with van der Waals surface area (Å²) in [4.78, 5) is 59.4. The van der Waals surface area contributed by atoms with Gasteiger partial charge in [0.2, 0.25) is 11.8 Å². The quantitative estimate of drug-likeness (QED) is 0.114. The fraction of sp³-hybridized carbons (Fsp3) is 0.409. The van der Waals surface area contributed by atoms with Crippen LogP contribution in [0.4, 0.5) is 23.0 Å². The zero-order valence-electron chi connectivity index (χ0n) is 34.2. The van der Waals surface area contributed by atoms with E-state index in [1.165, 1.54) is 11.9 Å². The molecule has 5 aromatic rings. The average Bonchev–Trinajstić information content (AvgIpc) is 3.72.